The van der Waals surface area contributed by atoms with E-state index in [9.17, 15) is 4.79 Å². The first kappa shape index (κ1) is 9.07. The van der Waals surface area contributed by atoms with Gasteiger partial charge in [0.15, 0.2) is 0 Å². The summed E-state index contributed by atoms with van der Waals surface area (Å²) in [6.07, 6.45) is -0.0148. The maximum Gasteiger partial charge on any atom is 0.307 e. The second-order valence-electron chi connectivity index (χ2n) is 2.67. The van der Waals surface area contributed by atoms with Gasteiger partial charge in [-0.2, -0.15) is 0 Å². The minimum absolute atomic E-state index is 0.0148. The van der Waals surface area contributed by atoms with Crippen molar-refractivity contribution in [1.29, 1.82) is 0 Å². The Morgan fingerprint density at radius 1 is 1.58 bits per heavy atom. The maximum atomic E-state index is 10.3. The fourth-order valence-corrected chi connectivity index (χ4v) is 1.26. The highest BCUT2D eigenvalue weighted by molar-refractivity contribution is 6.31. The lowest BCUT2D eigenvalue weighted by molar-refractivity contribution is -0.136. The molecular weight excluding hydrogens is 176 g/mol. The van der Waals surface area contributed by atoms with Crippen molar-refractivity contribution in [1.82, 2.24) is 0 Å². The molecule has 0 atom stereocenters. The highest BCUT2D eigenvalue weighted by Crippen LogP contribution is 2.17. The molecule has 0 saturated heterocycles. The second-order valence-corrected chi connectivity index (χ2v) is 3.07. The Hall–Kier alpha value is -1.02. The van der Waals surface area contributed by atoms with Gasteiger partial charge >= 0.3 is 5.97 Å². The zero-order chi connectivity index (χ0) is 9.14. The number of carboxylic acid groups (broad SMARTS) is 1. The van der Waals surface area contributed by atoms with Crippen LogP contribution in [0.4, 0.5) is 0 Å². The van der Waals surface area contributed by atoms with Crippen LogP contribution < -0.4 is 0 Å². The molecule has 64 valence electrons. The summed E-state index contributed by atoms with van der Waals surface area (Å²) in [6, 6.07) is 5.36. The van der Waals surface area contributed by atoms with E-state index < -0.39 is 5.97 Å². The van der Waals surface area contributed by atoms with Crippen molar-refractivity contribution in [2.24, 2.45) is 0 Å². The lowest BCUT2D eigenvalue weighted by atomic mass is 10.1. The molecule has 0 radical (unpaired) electrons. The van der Waals surface area contributed by atoms with Crippen molar-refractivity contribution in [3.63, 3.8) is 0 Å². The topological polar surface area (TPSA) is 37.3 Å². The van der Waals surface area contributed by atoms with Gasteiger partial charge in [-0.25, -0.2) is 0 Å². The minimum Gasteiger partial charge on any atom is -0.481 e. The van der Waals surface area contributed by atoms with E-state index in [0.29, 0.717) is 10.6 Å². The van der Waals surface area contributed by atoms with Crippen molar-refractivity contribution in [3.8, 4) is 0 Å². The molecule has 1 aromatic carbocycles. The maximum absolute atomic E-state index is 10.3. The third kappa shape index (κ3) is 2.24. The molecular formula is C9H9ClO2. The summed E-state index contributed by atoms with van der Waals surface area (Å²) in [7, 11) is 0. The largest absolute Gasteiger partial charge is 0.481 e. The molecule has 0 spiro atoms. The van der Waals surface area contributed by atoms with Crippen molar-refractivity contribution < 1.29 is 9.90 Å². The summed E-state index contributed by atoms with van der Waals surface area (Å²) >= 11 is 5.81. The van der Waals surface area contributed by atoms with Crippen LogP contribution >= 0.6 is 11.6 Å². The van der Waals surface area contributed by atoms with Gasteiger partial charge < -0.3 is 5.11 Å². The van der Waals surface area contributed by atoms with Gasteiger partial charge in [-0.05, 0) is 24.1 Å². The Bertz CT molecular complexity index is 307. The molecule has 3 heteroatoms. The average Bonchev–Trinajstić information content (AvgIpc) is 1.94. The van der Waals surface area contributed by atoms with E-state index in [1.807, 2.05) is 13.0 Å². The van der Waals surface area contributed by atoms with Crippen molar-refractivity contribution in [2.75, 3.05) is 0 Å². The molecule has 1 aromatic rings. The molecule has 0 aromatic heterocycles. The third-order valence-electron chi connectivity index (χ3n) is 1.55. The molecule has 0 saturated carbocycles. The molecule has 0 aliphatic carbocycles. The monoisotopic (exact) mass is 184 g/mol. The summed E-state index contributed by atoms with van der Waals surface area (Å²) in [5.41, 5.74) is 1.70. The van der Waals surface area contributed by atoms with Crippen LogP contribution in [0.25, 0.3) is 0 Å². The van der Waals surface area contributed by atoms with E-state index in [1.54, 1.807) is 12.1 Å². The Morgan fingerprint density at radius 2 is 2.25 bits per heavy atom. The molecule has 0 aliphatic rings. The van der Waals surface area contributed by atoms with Crippen molar-refractivity contribution in [3.05, 3.63) is 34.3 Å². The van der Waals surface area contributed by atoms with Crippen molar-refractivity contribution >= 4 is 17.6 Å². The van der Waals surface area contributed by atoms with Crippen LogP contribution in [0.2, 0.25) is 5.02 Å². The fourth-order valence-electron chi connectivity index (χ4n) is 0.959. The lowest BCUT2D eigenvalue weighted by Crippen LogP contribution is -2.00. The molecule has 1 rings (SSSR count). The molecule has 12 heavy (non-hydrogen) atoms. The number of aryl methyl sites for hydroxylation is 1. The first-order valence-electron chi connectivity index (χ1n) is 3.56. The number of carbonyl (C=O) groups is 1. The number of benzene rings is 1. The van der Waals surface area contributed by atoms with E-state index in [4.69, 9.17) is 16.7 Å². The van der Waals surface area contributed by atoms with Gasteiger partial charge in [0, 0.05) is 5.02 Å². The number of halogens is 1. The summed E-state index contributed by atoms with van der Waals surface area (Å²) in [4.78, 5) is 10.3. The number of carboxylic acids is 1. The average molecular weight is 185 g/mol. The van der Waals surface area contributed by atoms with Gasteiger partial charge in [0.1, 0.15) is 0 Å². The van der Waals surface area contributed by atoms with Crippen LogP contribution in [-0.4, -0.2) is 11.1 Å². The van der Waals surface area contributed by atoms with Crippen LogP contribution in [0.15, 0.2) is 18.2 Å². The normalized spacial score (nSPS) is 9.83. The van der Waals surface area contributed by atoms with Gasteiger partial charge in [-0.1, -0.05) is 23.7 Å². The Labute approximate surface area is 75.8 Å². The standard InChI is InChI=1S/C9H9ClO2/c1-6-2-3-7(5-9(11)12)8(10)4-6/h2-4H,5H2,1H3,(H,11,12). The van der Waals surface area contributed by atoms with Crippen LogP contribution in [0.1, 0.15) is 11.1 Å². The molecule has 0 unspecified atom stereocenters. The molecule has 0 amide bonds. The summed E-state index contributed by atoms with van der Waals surface area (Å²) in [5, 5.41) is 9.03. The number of rotatable bonds is 2. The molecule has 1 N–H and O–H groups in total. The highest BCUT2D eigenvalue weighted by Gasteiger charge is 2.04. The van der Waals surface area contributed by atoms with E-state index in [0.717, 1.165) is 5.56 Å². The van der Waals surface area contributed by atoms with E-state index in [-0.39, 0.29) is 6.42 Å². The quantitative estimate of drug-likeness (QED) is 0.766. The van der Waals surface area contributed by atoms with Crippen LogP contribution in [0.5, 0.6) is 0 Å². The summed E-state index contributed by atoms with van der Waals surface area (Å²) in [6.45, 7) is 1.91. The first-order chi connectivity index (χ1) is 5.59. The lowest BCUT2D eigenvalue weighted by Gasteiger charge is -2.01. The van der Waals surface area contributed by atoms with Crippen LogP contribution in [0.3, 0.4) is 0 Å². The summed E-state index contributed by atoms with van der Waals surface area (Å²) < 4.78 is 0. The van der Waals surface area contributed by atoms with E-state index in [1.165, 1.54) is 0 Å². The minimum atomic E-state index is -0.860. The molecule has 0 bridgehead atoms. The van der Waals surface area contributed by atoms with E-state index in [2.05, 4.69) is 0 Å². The van der Waals surface area contributed by atoms with Gasteiger partial charge in [-0.15, -0.1) is 0 Å². The Morgan fingerprint density at radius 3 is 2.75 bits per heavy atom. The third-order valence-corrected chi connectivity index (χ3v) is 1.90. The number of hydrogen-bond donors (Lipinski definition) is 1. The SMILES string of the molecule is Cc1ccc(CC(=O)O)c(Cl)c1. The molecule has 0 aliphatic heterocycles. The number of hydrogen-bond acceptors (Lipinski definition) is 1. The van der Waals surface area contributed by atoms with Gasteiger partial charge in [0.05, 0.1) is 6.42 Å². The smallest absolute Gasteiger partial charge is 0.307 e. The summed E-state index contributed by atoms with van der Waals surface area (Å²) in [5.74, 6) is -0.860. The van der Waals surface area contributed by atoms with Gasteiger partial charge in [0.25, 0.3) is 0 Å². The van der Waals surface area contributed by atoms with E-state index >= 15 is 0 Å². The van der Waals surface area contributed by atoms with Crippen LogP contribution in [0, 0.1) is 6.92 Å². The molecule has 2 nitrogen and oxygen atoms in total. The highest BCUT2D eigenvalue weighted by atomic mass is 35.5. The Kier molecular flexibility index (Phi) is 2.71. The first-order valence-corrected chi connectivity index (χ1v) is 3.94. The van der Waals surface area contributed by atoms with Crippen LogP contribution in [-0.2, 0) is 11.2 Å². The zero-order valence-electron chi connectivity index (χ0n) is 6.67. The molecule has 0 heterocycles. The predicted molar refractivity (Wildman–Crippen MR) is 47.5 cm³/mol. The predicted octanol–water partition coefficient (Wildman–Crippen LogP) is 2.28. The number of aliphatic carboxylic acids is 1. The van der Waals surface area contributed by atoms with Crippen molar-refractivity contribution in [2.45, 2.75) is 13.3 Å². The Balaban J connectivity index is 2.93. The fraction of sp³-hybridized carbons (Fsp3) is 0.222. The van der Waals surface area contributed by atoms with Gasteiger partial charge in [0.2, 0.25) is 0 Å². The zero-order valence-corrected chi connectivity index (χ0v) is 7.43. The molecule has 0 fully saturated rings. The second kappa shape index (κ2) is 3.59. The van der Waals surface area contributed by atoms with Gasteiger partial charge in [-0.3, -0.25) is 4.79 Å².